The van der Waals surface area contributed by atoms with E-state index in [9.17, 15) is 15.2 Å². The van der Waals surface area contributed by atoms with Crippen molar-refractivity contribution >= 4 is 5.69 Å². The quantitative estimate of drug-likeness (QED) is 0.599. The van der Waals surface area contributed by atoms with Crippen molar-refractivity contribution in [2.75, 3.05) is 7.11 Å². The summed E-state index contributed by atoms with van der Waals surface area (Å²) in [6.07, 6.45) is 2.47. The van der Waals surface area contributed by atoms with Crippen LogP contribution in [0.25, 0.3) is 0 Å². The maximum absolute atomic E-state index is 10.7. The number of ether oxygens (including phenoxy) is 1. The summed E-state index contributed by atoms with van der Waals surface area (Å²) in [5.41, 5.74) is 0.817. The van der Waals surface area contributed by atoms with Gasteiger partial charge in [-0.3, -0.25) is 10.1 Å². The smallest absolute Gasteiger partial charge is 0.269 e. The van der Waals surface area contributed by atoms with Gasteiger partial charge in [0.15, 0.2) is 0 Å². The summed E-state index contributed by atoms with van der Waals surface area (Å²) in [7, 11) is 1.53. The van der Waals surface area contributed by atoms with Gasteiger partial charge in [0.25, 0.3) is 5.69 Å². The van der Waals surface area contributed by atoms with Crippen LogP contribution in [0.1, 0.15) is 31.7 Å². The van der Waals surface area contributed by atoms with E-state index in [4.69, 9.17) is 4.74 Å². The number of nitro benzene ring substituents is 1. The first-order valence-electron chi connectivity index (χ1n) is 6.07. The van der Waals surface area contributed by atoms with Gasteiger partial charge in [-0.25, -0.2) is 0 Å². The van der Waals surface area contributed by atoms with Crippen LogP contribution in [0.15, 0.2) is 18.2 Å². The van der Waals surface area contributed by atoms with Crippen LogP contribution < -0.4 is 4.74 Å². The molecule has 1 aromatic carbocycles. The minimum absolute atomic E-state index is 0.0516. The Labute approximate surface area is 107 Å². The largest absolute Gasteiger partial charge is 0.496 e. The molecule has 0 heterocycles. The highest BCUT2D eigenvalue weighted by molar-refractivity contribution is 5.43. The van der Waals surface area contributed by atoms with Crippen LogP contribution in [0.2, 0.25) is 0 Å². The Morgan fingerprint density at radius 1 is 1.44 bits per heavy atom. The van der Waals surface area contributed by atoms with Crippen LogP contribution in [0.4, 0.5) is 5.69 Å². The number of aliphatic hydroxyl groups is 1. The zero-order valence-corrected chi connectivity index (χ0v) is 10.8. The third-order valence-corrected chi connectivity index (χ3v) is 2.84. The fraction of sp³-hybridized carbons (Fsp3) is 0.538. The van der Waals surface area contributed by atoms with Crippen molar-refractivity contribution in [3.63, 3.8) is 0 Å². The zero-order valence-electron chi connectivity index (χ0n) is 10.8. The lowest BCUT2D eigenvalue weighted by Crippen LogP contribution is -2.07. The van der Waals surface area contributed by atoms with Crippen molar-refractivity contribution in [1.29, 1.82) is 0 Å². The molecule has 18 heavy (non-hydrogen) atoms. The second-order valence-corrected chi connectivity index (χ2v) is 4.23. The van der Waals surface area contributed by atoms with Crippen molar-refractivity contribution < 1.29 is 14.8 Å². The van der Waals surface area contributed by atoms with Crippen molar-refractivity contribution in [3.8, 4) is 5.75 Å². The van der Waals surface area contributed by atoms with Gasteiger partial charge in [0.05, 0.1) is 18.1 Å². The Hall–Kier alpha value is -1.62. The normalized spacial score (nSPS) is 12.2. The number of methoxy groups -OCH3 is 1. The molecule has 0 radical (unpaired) electrons. The standard InChI is InChI=1S/C13H19NO4/c1-3-4-12(15)7-5-10-9-11(14(16)17)6-8-13(10)18-2/h6,8-9,12,15H,3-5,7H2,1-2H3. The van der Waals surface area contributed by atoms with Gasteiger partial charge in [-0.05, 0) is 25.3 Å². The number of nitrogens with zero attached hydrogens (tertiary/aromatic N) is 1. The molecule has 1 unspecified atom stereocenters. The molecule has 0 amide bonds. The second kappa shape index (κ2) is 6.96. The van der Waals surface area contributed by atoms with E-state index in [1.165, 1.54) is 19.2 Å². The first-order valence-corrected chi connectivity index (χ1v) is 6.07. The fourth-order valence-electron chi connectivity index (χ4n) is 1.87. The van der Waals surface area contributed by atoms with E-state index in [1.807, 2.05) is 6.92 Å². The lowest BCUT2D eigenvalue weighted by Gasteiger charge is -2.11. The molecule has 1 N–H and O–H groups in total. The summed E-state index contributed by atoms with van der Waals surface area (Å²) >= 11 is 0. The molecule has 0 saturated heterocycles. The SMILES string of the molecule is CCCC(O)CCc1cc([N+](=O)[O-])ccc1OC. The van der Waals surface area contributed by atoms with Crippen molar-refractivity contribution in [1.82, 2.24) is 0 Å². The predicted octanol–water partition coefficient (Wildman–Crippen LogP) is 2.70. The predicted molar refractivity (Wildman–Crippen MR) is 68.9 cm³/mol. The third-order valence-electron chi connectivity index (χ3n) is 2.84. The summed E-state index contributed by atoms with van der Waals surface area (Å²) in [5.74, 6) is 0.629. The Morgan fingerprint density at radius 2 is 2.17 bits per heavy atom. The first-order chi connectivity index (χ1) is 8.58. The number of hydrogen-bond donors (Lipinski definition) is 1. The topological polar surface area (TPSA) is 72.6 Å². The molecule has 0 fully saturated rings. The molecule has 100 valence electrons. The highest BCUT2D eigenvalue weighted by atomic mass is 16.6. The van der Waals surface area contributed by atoms with Gasteiger partial charge in [0.1, 0.15) is 5.75 Å². The molecule has 0 bridgehead atoms. The Bertz CT molecular complexity index is 406. The molecular weight excluding hydrogens is 234 g/mol. The minimum Gasteiger partial charge on any atom is -0.496 e. The van der Waals surface area contributed by atoms with Gasteiger partial charge in [-0.2, -0.15) is 0 Å². The van der Waals surface area contributed by atoms with Crippen molar-refractivity contribution in [2.45, 2.75) is 38.7 Å². The number of aryl methyl sites for hydroxylation is 1. The monoisotopic (exact) mass is 253 g/mol. The van der Waals surface area contributed by atoms with Gasteiger partial charge in [-0.1, -0.05) is 13.3 Å². The molecular formula is C13H19NO4. The summed E-state index contributed by atoms with van der Waals surface area (Å²) in [6, 6.07) is 4.53. The van der Waals surface area contributed by atoms with Gasteiger partial charge >= 0.3 is 0 Å². The number of non-ortho nitro benzene ring substituents is 1. The van der Waals surface area contributed by atoms with Gasteiger partial charge in [0.2, 0.25) is 0 Å². The van der Waals surface area contributed by atoms with Gasteiger partial charge < -0.3 is 9.84 Å². The maximum Gasteiger partial charge on any atom is 0.269 e. The van der Waals surface area contributed by atoms with E-state index in [1.54, 1.807) is 6.07 Å². The summed E-state index contributed by atoms with van der Waals surface area (Å²) in [5, 5.41) is 20.4. The van der Waals surface area contributed by atoms with Gasteiger partial charge in [-0.15, -0.1) is 0 Å². The van der Waals surface area contributed by atoms with E-state index >= 15 is 0 Å². The Morgan fingerprint density at radius 3 is 2.72 bits per heavy atom. The van der Waals surface area contributed by atoms with Crippen LogP contribution in [-0.4, -0.2) is 23.2 Å². The van der Waals surface area contributed by atoms with Gasteiger partial charge in [0, 0.05) is 17.7 Å². The zero-order chi connectivity index (χ0) is 13.5. The lowest BCUT2D eigenvalue weighted by atomic mass is 10.0. The minimum atomic E-state index is -0.425. The molecule has 5 heteroatoms. The number of aliphatic hydroxyl groups excluding tert-OH is 1. The Kier molecular flexibility index (Phi) is 5.58. The van der Waals surface area contributed by atoms with E-state index in [0.29, 0.717) is 18.6 Å². The van der Waals surface area contributed by atoms with E-state index in [0.717, 1.165) is 18.4 Å². The molecule has 1 aromatic rings. The second-order valence-electron chi connectivity index (χ2n) is 4.23. The van der Waals surface area contributed by atoms with Crippen molar-refractivity contribution in [2.24, 2.45) is 0 Å². The summed E-state index contributed by atoms with van der Waals surface area (Å²) in [4.78, 5) is 10.3. The number of rotatable bonds is 7. The van der Waals surface area contributed by atoms with Crippen LogP contribution in [0, 0.1) is 10.1 Å². The Balaban J connectivity index is 2.78. The van der Waals surface area contributed by atoms with E-state index in [2.05, 4.69) is 0 Å². The third kappa shape index (κ3) is 4.00. The van der Waals surface area contributed by atoms with E-state index < -0.39 is 4.92 Å². The average molecular weight is 253 g/mol. The number of nitro groups is 1. The first kappa shape index (κ1) is 14.4. The average Bonchev–Trinajstić information content (AvgIpc) is 2.36. The lowest BCUT2D eigenvalue weighted by molar-refractivity contribution is -0.384. The highest BCUT2D eigenvalue weighted by Gasteiger charge is 2.12. The molecule has 0 aliphatic heterocycles. The molecule has 0 aliphatic rings. The highest BCUT2D eigenvalue weighted by Crippen LogP contribution is 2.25. The van der Waals surface area contributed by atoms with Crippen LogP contribution in [-0.2, 0) is 6.42 Å². The molecule has 1 rings (SSSR count). The molecule has 5 nitrogen and oxygen atoms in total. The summed E-state index contributed by atoms with van der Waals surface area (Å²) < 4.78 is 5.17. The number of benzene rings is 1. The fourth-order valence-corrected chi connectivity index (χ4v) is 1.87. The maximum atomic E-state index is 10.7. The van der Waals surface area contributed by atoms with Crippen molar-refractivity contribution in [3.05, 3.63) is 33.9 Å². The van der Waals surface area contributed by atoms with Crippen LogP contribution in [0.3, 0.4) is 0 Å². The molecule has 0 aromatic heterocycles. The molecule has 0 spiro atoms. The molecule has 0 saturated carbocycles. The summed E-state index contributed by atoms with van der Waals surface area (Å²) in [6.45, 7) is 2.01. The molecule has 1 atom stereocenters. The van der Waals surface area contributed by atoms with Crippen LogP contribution in [0.5, 0.6) is 5.75 Å². The van der Waals surface area contributed by atoms with Crippen LogP contribution >= 0.6 is 0 Å². The van der Waals surface area contributed by atoms with E-state index in [-0.39, 0.29) is 11.8 Å². The number of hydrogen-bond acceptors (Lipinski definition) is 4. The molecule has 0 aliphatic carbocycles.